The second-order valence-electron chi connectivity index (χ2n) is 5.46. The van der Waals surface area contributed by atoms with Crippen LogP contribution in [0.1, 0.15) is 19.3 Å². The van der Waals surface area contributed by atoms with Crippen molar-refractivity contribution in [3.8, 4) is 0 Å². The Labute approximate surface area is 107 Å². The first kappa shape index (κ1) is 10.0. The Bertz CT molecular complexity index is 476. The summed E-state index contributed by atoms with van der Waals surface area (Å²) in [6, 6.07) is 10.9. The van der Waals surface area contributed by atoms with Crippen LogP contribution in [0.3, 0.4) is 0 Å². The molecule has 0 radical (unpaired) electrons. The lowest BCUT2D eigenvalue weighted by atomic mass is 9.92. The zero-order valence-corrected chi connectivity index (χ0v) is 10.6. The van der Waals surface area contributed by atoms with E-state index in [1.807, 2.05) is 0 Å². The van der Waals surface area contributed by atoms with E-state index in [2.05, 4.69) is 66.4 Å². The summed E-state index contributed by atoms with van der Waals surface area (Å²) in [6.45, 7) is 0. The molecule has 86 valence electrons. The van der Waals surface area contributed by atoms with Gasteiger partial charge in [-0.3, -0.25) is 0 Å². The number of allylic oxidation sites excluding steroid dienone is 4. The van der Waals surface area contributed by atoms with Crippen molar-refractivity contribution in [2.45, 2.75) is 29.4 Å². The number of thioether (sulfide) groups is 1. The van der Waals surface area contributed by atoms with Gasteiger partial charge in [0.05, 0.1) is 0 Å². The van der Waals surface area contributed by atoms with Crippen LogP contribution in [0.15, 0.2) is 59.5 Å². The first-order chi connectivity index (χ1) is 8.37. The first-order valence-corrected chi connectivity index (χ1v) is 7.34. The highest BCUT2D eigenvalue weighted by atomic mass is 32.2. The SMILES string of the molecule is C1=C[C@@]23CCC[C@]2(C=C1)C3Sc1ccccc1. The molecule has 3 aliphatic carbocycles. The zero-order chi connectivity index (χ0) is 11.3. The summed E-state index contributed by atoms with van der Waals surface area (Å²) < 4.78 is 0. The van der Waals surface area contributed by atoms with Crippen LogP contribution >= 0.6 is 11.8 Å². The highest BCUT2D eigenvalue weighted by Crippen LogP contribution is 2.80. The molecule has 0 nitrogen and oxygen atoms in total. The number of rotatable bonds is 2. The van der Waals surface area contributed by atoms with Gasteiger partial charge in [0.25, 0.3) is 0 Å². The Hall–Kier alpha value is -0.950. The van der Waals surface area contributed by atoms with Crippen molar-refractivity contribution in [2.24, 2.45) is 10.8 Å². The second kappa shape index (κ2) is 3.29. The lowest BCUT2D eigenvalue weighted by molar-refractivity contribution is 0.552. The predicted octanol–water partition coefficient (Wildman–Crippen LogP) is 4.44. The minimum atomic E-state index is 0.502. The van der Waals surface area contributed by atoms with Crippen LogP contribution in [-0.2, 0) is 0 Å². The lowest BCUT2D eigenvalue weighted by Gasteiger charge is -2.11. The molecule has 0 amide bonds. The Kier molecular flexibility index (Phi) is 1.94. The zero-order valence-electron chi connectivity index (χ0n) is 9.80. The van der Waals surface area contributed by atoms with Crippen molar-refractivity contribution in [2.75, 3.05) is 0 Å². The van der Waals surface area contributed by atoms with E-state index in [1.54, 1.807) is 0 Å². The standard InChI is InChI=1S/C16H16S/c1-2-7-13(8-3-1)17-14-15-9-4-5-10-16(14,15)12-6-11-15/h1-5,7-10,14H,6,11-12H2/t14?,15-,16+. The molecule has 3 atom stereocenters. The van der Waals surface area contributed by atoms with Crippen molar-refractivity contribution in [1.82, 2.24) is 0 Å². The monoisotopic (exact) mass is 240 g/mol. The van der Waals surface area contributed by atoms with E-state index in [4.69, 9.17) is 0 Å². The van der Waals surface area contributed by atoms with Crippen LogP contribution in [-0.4, -0.2) is 5.25 Å². The van der Waals surface area contributed by atoms with Crippen molar-refractivity contribution in [3.05, 3.63) is 54.6 Å². The summed E-state index contributed by atoms with van der Waals surface area (Å²) >= 11 is 2.09. The summed E-state index contributed by atoms with van der Waals surface area (Å²) in [7, 11) is 0. The van der Waals surface area contributed by atoms with Crippen LogP contribution in [0.4, 0.5) is 0 Å². The number of benzene rings is 1. The van der Waals surface area contributed by atoms with Gasteiger partial charge in [0.1, 0.15) is 0 Å². The third-order valence-corrected chi connectivity index (χ3v) is 6.42. The van der Waals surface area contributed by atoms with Crippen molar-refractivity contribution in [1.29, 1.82) is 0 Å². The molecule has 0 bridgehead atoms. The van der Waals surface area contributed by atoms with E-state index in [9.17, 15) is 0 Å². The van der Waals surface area contributed by atoms with Crippen LogP contribution in [0.2, 0.25) is 0 Å². The third kappa shape index (κ3) is 1.16. The van der Waals surface area contributed by atoms with Gasteiger partial charge in [0.15, 0.2) is 0 Å². The molecule has 0 spiro atoms. The Morgan fingerprint density at radius 3 is 2.24 bits per heavy atom. The van der Waals surface area contributed by atoms with Crippen LogP contribution in [0.25, 0.3) is 0 Å². The molecule has 0 heterocycles. The predicted molar refractivity (Wildman–Crippen MR) is 73.1 cm³/mol. The fraction of sp³-hybridized carbons (Fsp3) is 0.375. The fourth-order valence-electron chi connectivity index (χ4n) is 3.96. The topological polar surface area (TPSA) is 0 Å². The summed E-state index contributed by atoms with van der Waals surface area (Å²) in [4.78, 5) is 1.43. The second-order valence-corrected chi connectivity index (χ2v) is 6.64. The minimum absolute atomic E-state index is 0.502. The average Bonchev–Trinajstić information content (AvgIpc) is 2.75. The minimum Gasteiger partial charge on any atom is -0.121 e. The highest BCUT2D eigenvalue weighted by Gasteiger charge is 2.76. The van der Waals surface area contributed by atoms with E-state index in [0.29, 0.717) is 10.8 Å². The fourth-order valence-corrected chi connectivity index (χ4v) is 5.73. The molecule has 0 aliphatic heterocycles. The van der Waals surface area contributed by atoms with Gasteiger partial charge in [0.2, 0.25) is 0 Å². The van der Waals surface area contributed by atoms with Crippen molar-refractivity contribution < 1.29 is 0 Å². The maximum absolute atomic E-state index is 2.49. The molecule has 0 N–H and O–H groups in total. The summed E-state index contributed by atoms with van der Waals surface area (Å²) in [6.07, 6.45) is 13.7. The van der Waals surface area contributed by atoms with Gasteiger partial charge in [-0.15, -0.1) is 11.8 Å². The smallest absolute Gasteiger partial charge is 0.0294 e. The van der Waals surface area contributed by atoms with Gasteiger partial charge in [-0.1, -0.05) is 48.9 Å². The van der Waals surface area contributed by atoms with Crippen LogP contribution in [0.5, 0.6) is 0 Å². The Balaban J connectivity index is 1.66. The Morgan fingerprint density at radius 2 is 1.59 bits per heavy atom. The molecule has 1 aromatic rings. The lowest BCUT2D eigenvalue weighted by Crippen LogP contribution is -2.03. The van der Waals surface area contributed by atoms with Crippen molar-refractivity contribution >= 4 is 11.8 Å². The summed E-state index contributed by atoms with van der Waals surface area (Å²) in [5, 5.41) is 0.779. The van der Waals surface area contributed by atoms with E-state index in [0.717, 1.165) is 5.25 Å². The molecule has 1 unspecified atom stereocenters. The van der Waals surface area contributed by atoms with Gasteiger partial charge in [-0.05, 0) is 25.0 Å². The molecule has 4 rings (SSSR count). The van der Waals surface area contributed by atoms with E-state index >= 15 is 0 Å². The molecule has 17 heavy (non-hydrogen) atoms. The molecule has 0 saturated heterocycles. The average molecular weight is 240 g/mol. The Morgan fingerprint density at radius 1 is 0.941 bits per heavy atom. The van der Waals surface area contributed by atoms with Gasteiger partial charge in [0, 0.05) is 21.0 Å². The van der Waals surface area contributed by atoms with E-state index in [-0.39, 0.29) is 0 Å². The third-order valence-electron chi connectivity index (χ3n) is 4.80. The normalized spacial score (nSPS) is 41.1. The molecule has 1 aromatic carbocycles. The molecular formula is C16H16S. The summed E-state index contributed by atoms with van der Waals surface area (Å²) in [5.41, 5.74) is 1.00. The van der Waals surface area contributed by atoms with Gasteiger partial charge in [-0.2, -0.15) is 0 Å². The van der Waals surface area contributed by atoms with Gasteiger partial charge in [-0.25, -0.2) is 0 Å². The molecule has 2 fully saturated rings. The molecule has 0 aromatic heterocycles. The van der Waals surface area contributed by atoms with E-state index in [1.165, 1.54) is 24.2 Å². The van der Waals surface area contributed by atoms with Crippen LogP contribution < -0.4 is 0 Å². The van der Waals surface area contributed by atoms with Crippen LogP contribution in [0, 0.1) is 10.8 Å². The molecule has 2 saturated carbocycles. The summed E-state index contributed by atoms with van der Waals surface area (Å²) in [5.74, 6) is 0. The number of hydrogen-bond acceptors (Lipinski definition) is 1. The molecule has 1 heteroatoms. The quantitative estimate of drug-likeness (QED) is 0.736. The highest BCUT2D eigenvalue weighted by molar-refractivity contribution is 8.00. The first-order valence-electron chi connectivity index (χ1n) is 6.46. The van der Waals surface area contributed by atoms with Crippen molar-refractivity contribution in [3.63, 3.8) is 0 Å². The largest absolute Gasteiger partial charge is 0.121 e. The molecular weight excluding hydrogens is 224 g/mol. The van der Waals surface area contributed by atoms with E-state index < -0.39 is 0 Å². The maximum Gasteiger partial charge on any atom is 0.0294 e. The van der Waals surface area contributed by atoms with Gasteiger partial charge >= 0.3 is 0 Å². The maximum atomic E-state index is 2.49. The number of hydrogen-bond donors (Lipinski definition) is 0. The van der Waals surface area contributed by atoms with Gasteiger partial charge < -0.3 is 0 Å². The molecule has 3 aliphatic rings.